The predicted molar refractivity (Wildman–Crippen MR) is 64.3 cm³/mol. The van der Waals surface area contributed by atoms with Crippen LogP contribution in [0.3, 0.4) is 0 Å². The zero-order chi connectivity index (χ0) is 12.2. The molecular formula is C14H16O2. The van der Waals surface area contributed by atoms with Gasteiger partial charge in [-0.3, -0.25) is 4.79 Å². The van der Waals surface area contributed by atoms with Gasteiger partial charge in [0.25, 0.3) is 0 Å². The van der Waals surface area contributed by atoms with Crippen molar-refractivity contribution in [2.45, 2.75) is 20.8 Å². The number of ether oxygens (including phenoxy) is 1. The average molecular weight is 216 g/mol. The van der Waals surface area contributed by atoms with Crippen LogP contribution in [0.2, 0.25) is 0 Å². The van der Waals surface area contributed by atoms with Crippen LogP contribution in [0.4, 0.5) is 0 Å². The van der Waals surface area contributed by atoms with Gasteiger partial charge in [-0.1, -0.05) is 32.8 Å². The molecular weight excluding hydrogens is 200 g/mol. The minimum Gasteiger partial charge on any atom is -0.497 e. The number of Topliss-reactive ketones (excluding diaryl/α,β-unsaturated/α-hetero) is 1. The molecule has 0 spiro atoms. The van der Waals surface area contributed by atoms with Gasteiger partial charge in [0.1, 0.15) is 5.75 Å². The van der Waals surface area contributed by atoms with E-state index in [1.165, 1.54) is 0 Å². The molecule has 0 heterocycles. The summed E-state index contributed by atoms with van der Waals surface area (Å²) in [6, 6.07) is 7.36. The number of benzene rings is 1. The Morgan fingerprint density at radius 2 is 2.00 bits per heavy atom. The Morgan fingerprint density at radius 1 is 1.31 bits per heavy atom. The van der Waals surface area contributed by atoms with Crippen molar-refractivity contribution in [2.24, 2.45) is 5.41 Å². The zero-order valence-electron chi connectivity index (χ0n) is 10.1. The first-order valence-electron chi connectivity index (χ1n) is 5.14. The SMILES string of the molecule is COc1cccc(C#CC(=O)C(C)(C)C)c1. The van der Waals surface area contributed by atoms with Crippen LogP contribution in [0.5, 0.6) is 5.75 Å². The fourth-order valence-corrected chi connectivity index (χ4v) is 1.02. The van der Waals surface area contributed by atoms with Gasteiger partial charge >= 0.3 is 0 Å². The van der Waals surface area contributed by atoms with Gasteiger partial charge in [-0.2, -0.15) is 0 Å². The first kappa shape index (κ1) is 12.3. The summed E-state index contributed by atoms with van der Waals surface area (Å²) < 4.78 is 5.08. The molecule has 0 aliphatic rings. The highest BCUT2D eigenvalue weighted by molar-refractivity contribution is 5.99. The molecule has 0 aliphatic heterocycles. The molecule has 0 radical (unpaired) electrons. The highest BCUT2D eigenvalue weighted by Crippen LogP contribution is 2.14. The lowest BCUT2D eigenvalue weighted by Crippen LogP contribution is -2.17. The largest absolute Gasteiger partial charge is 0.497 e. The monoisotopic (exact) mass is 216 g/mol. The van der Waals surface area contributed by atoms with E-state index in [1.54, 1.807) is 7.11 Å². The molecule has 1 aromatic carbocycles. The number of ketones is 1. The van der Waals surface area contributed by atoms with Crippen LogP contribution in [-0.4, -0.2) is 12.9 Å². The number of hydrogen-bond acceptors (Lipinski definition) is 2. The summed E-state index contributed by atoms with van der Waals surface area (Å²) in [5.41, 5.74) is 0.378. The van der Waals surface area contributed by atoms with Crippen molar-refractivity contribution in [2.75, 3.05) is 7.11 Å². The maximum Gasteiger partial charge on any atom is 0.211 e. The smallest absolute Gasteiger partial charge is 0.211 e. The Balaban J connectivity index is 2.89. The normalized spacial score (nSPS) is 10.2. The van der Waals surface area contributed by atoms with Crippen molar-refractivity contribution in [1.82, 2.24) is 0 Å². The molecule has 0 saturated carbocycles. The van der Waals surface area contributed by atoms with Crippen LogP contribution in [0.15, 0.2) is 24.3 Å². The Morgan fingerprint density at radius 3 is 2.56 bits per heavy atom. The van der Waals surface area contributed by atoms with E-state index in [-0.39, 0.29) is 5.78 Å². The predicted octanol–water partition coefficient (Wildman–Crippen LogP) is 2.66. The molecule has 0 aromatic heterocycles. The van der Waals surface area contributed by atoms with Crippen molar-refractivity contribution in [1.29, 1.82) is 0 Å². The summed E-state index contributed by atoms with van der Waals surface area (Å²) >= 11 is 0. The molecule has 0 amide bonds. The third kappa shape index (κ3) is 3.43. The second kappa shape index (κ2) is 4.85. The minimum atomic E-state index is -0.411. The number of hydrogen-bond donors (Lipinski definition) is 0. The van der Waals surface area contributed by atoms with E-state index in [2.05, 4.69) is 11.8 Å². The van der Waals surface area contributed by atoms with Crippen molar-refractivity contribution in [3.05, 3.63) is 29.8 Å². The van der Waals surface area contributed by atoms with Crippen LogP contribution in [0.25, 0.3) is 0 Å². The highest BCUT2D eigenvalue weighted by Gasteiger charge is 2.18. The van der Waals surface area contributed by atoms with Gasteiger partial charge in [-0.25, -0.2) is 0 Å². The van der Waals surface area contributed by atoms with Crippen molar-refractivity contribution in [3.8, 4) is 17.6 Å². The van der Waals surface area contributed by atoms with Crippen LogP contribution >= 0.6 is 0 Å². The third-order valence-electron chi connectivity index (χ3n) is 2.07. The van der Waals surface area contributed by atoms with Crippen molar-refractivity contribution in [3.63, 3.8) is 0 Å². The third-order valence-corrected chi connectivity index (χ3v) is 2.07. The number of methoxy groups -OCH3 is 1. The summed E-state index contributed by atoms with van der Waals surface area (Å²) in [6.07, 6.45) is 0. The lowest BCUT2D eigenvalue weighted by Gasteiger charge is -2.10. The molecule has 16 heavy (non-hydrogen) atoms. The Labute approximate surface area is 96.6 Å². The molecule has 0 atom stereocenters. The molecule has 0 aliphatic carbocycles. The van der Waals surface area contributed by atoms with E-state index in [1.807, 2.05) is 45.0 Å². The summed E-state index contributed by atoms with van der Waals surface area (Å²) in [6.45, 7) is 5.57. The van der Waals surface area contributed by atoms with Gasteiger partial charge in [0, 0.05) is 11.0 Å². The van der Waals surface area contributed by atoms with E-state index in [0.29, 0.717) is 0 Å². The van der Waals surface area contributed by atoms with E-state index in [0.717, 1.165) is 11.3 Å². The fraction of sp³-hybridized carbons (Fsp3) is 0.357. The minimum absolute atomic E-state index is 0.0599. The first-order valence-corrected chi connectivity index (χ1v) is 5.14. The van der Waals surface area contributed by atoms with E-state index in [9.17, 15) is 4.79 Å². The molecule has 1 rings (SSSR count). The molecule has 0 fully saturated rings. The van der Waals surface area contributed by atoms with E-state index in [4.69, 9.17) is 4.74 Å². The quantitative estimate of drug-likeness (QED) is 0.675. The second-order valence-corrected chi connectivity index (χ2v) is 4.56. The highest BCUT2D eigenvalue weighted by atomic mass is 16.5. The molecule has 2 nitrogen and oxygen atoms in total. The van der Waals surface area contributed by atoms with Crippen LogP contribution in [0, 0.1) is 17.3 Å². The Bertz CT molecular complexity index is 442. The average Bonchev–Trinajstić information content (AvgIpc) is 2.25. The fourth-order valence-electron chi connectivity index (χ4n) is 1.02. The van der Waals surface area contributed by atoms with Gasteiger partial charge in [0.2, 0.25) is 5.78 Å². The molecule has 0 N–H and O–H groups in total. The van der Waals surface area contributed by atoms with E-state index < -0.39 is 5.41 Å². The summed E-state index contributed by atoms with van der Waals surface area (Å²) in [5, 5.41) is 0. The number of carbonyl (C=O) groups is 1. The lowest BCUT2D eigenvalue weighted by molar-refractivity contribution is -0.120. The molecule has 1 aromatic rings. The van der Waals surface area contributed by atoms with E-state index >= 15 is 0 Å². The van der Waals surface area contributed by atoms with Gasteiger partial charge in [0.05, 0.1) is 7.11 Å². The van der Waals surface area contributed by atoms with Crippen molar-refractivity contribution < 1.29 is 9.53 Å². The maximum absolute atomic E-state index is 11.6. The van der Waals surface area contributed by atoms with Crippen molar-refractivity contribution >= 4 is 5.78 Å². The van der Waals surface area contributed by atoms with Gasteiger partial charge in [0.15, 0.2) is 0 Å². The second-order valence-electron chi connectivity index (χ2n) is 4.56. The molecule has 0 unspecified atom stereocenters. The standard InChI is InChI=1S/C14H16O2/c1-14(2,3)13(15)9-8-11-6-5-7-12(10-11)16-4/h5-7,10H,1-4H3. The summed E-state index contributed by atoms with van der Waals surface area (Å²) in [7, 11) is 1.60. The molecule has 84 valence electrons. The summed E-state index contributed by atoms with van der Waals surface area (Å²) in [5.74, 6) is 6.18. The van der Waals surface area contributed by atoms with Crippen LogP contribution in [-0.2, 0) is 4.79 Å². The van der Waals surface area contributed by atoms with Crippen LogP contribution in [0.1, 0.15) is 26.3 Å². The van der Waals surface area contributed by atoms with Gasteiger partial charge in [-0.05, 0) is 24.1 Å². The Kier molecular flexibility index (Phi) is 3.73. The lowest BCUT2D eigenvalue weighted by atomic mass is 9.91. The van der Waals surface area contributed by atoms with Gasteiger partial charge in [-0.15, -0.1) is 0 Å². The topological polar surface area (TPSA) is 26.3 Å². The number of rotatable bonds is 1. The molecule has 0 saturated heterocycles. The maximum atomic E-state index is 11.6. The van der Waals surface area contributed by atoms with Crippen LogP contribution < -0.4 is 4.74 Å². The number of carbonyl (C=O) groups excluding carboxylic acids is 1. The first-order chi connectivity index (χ1) is 7.43. The molecule has 2 heteroatoms. The Hall–Kier alpha value is -1.75. The molecule has 0 bridgehead atoms. The zero-order valence-corrected chi connectivity index (χ0v) is 10.1. The summed E-state index contributed by atoms with van der Waals surface area (Å²) in [4.78, 5) is 11.6. The van der Waals surface area contributed by atoms with Gasteiger partial charge < -0.3 is 4.74 Å².